The molecule has 1 heterocycles. The molecule has 0 spiro atoms. The van der Waals surface area contributed by atoms with Crippen LogP contribution in [0.1, 0.15) is 23.3 Å². The number of rotatable bonds is 6. The van der Waals surface area contributed by atoms with Gasteiger partial charge in [-0.3, -0.25) is 4.79 Å². The lowest BCUT2D eigenvalue weighted by Crippen LogP contribution is -2.29. The molecular weight excluding hydrogens is 314 g/mol. The molecule has 0 bridgehead atoms. The van der Waals surface area contributed by atoms with Crippen LogP contribution in [0.5, 0.6) is 5.75 Å². The van der Waals surface area contributed by atoms with E-state index in [0.29, 0.717) is 12.1 Å². The maximum Gasteiger partial charge on any atom is 0.251 e. The van der Waals surface area contributed by atoms with Crippen molar-refractivity contribution in [2.24, 2.45) is 0 Å². The molecule has 5 nitrogen and oxygen atoms in total. The van der Waals surface area contributed by atoms with Crippen LogP contribution in [0.2, 0.25) is 0 Å². The number of hydrogen-bond donors (Lipinski definition) is 1. The van der Waals surface area contributed by atoms with Gasteiger partial charge in [-0.1, -0.05) is 30.3 Å². The largest absolute Gasteiger partial charge is 0.496 e. The minimum absolute atomic E-state index is 0.0847. The Morgan fingerprint density at radius 1 is 1.20 bits per heavy atom. The molecule has 1 atom stereocenters. The summed E-state index contributed by atoms with van der Waals surface area (Å²) in [5.41, 5.74) is 2.66. The summed E-state index contributed by atoms with van der Waals surface area (Å²) in [4.78, 5) is 16.4. The van der Waals surface area contributed by atoms with Gasteiger partial charge in [-0.15, -0.1) is 0 Å². The molecule has 0 aliphatic rings. The van der Waals surface area contributed by atoms with E-state index in [1.807, 2.05) is 66.2 Å². The molecule has 25 heavy (non-hydrogen) atoms. The molecule has 0 fully saturated rings. The second-order valence-electron chi connectivity index (χ2n) is 5.85. The average Bonchev–Trinajstić information content (AvgIpc) is 3.21. The molecule has 1 amide bonds. The average molecular weight is 335 g/mol. The molecule has 128 valence electrons. The first-order chi connectivity index (χ1) is 12.2. The number of carbonyl (C=O) groups is 1. The van der Waals surface area contributed by atoms with Gasteiger partial charge in [-0.2, -0.15) is 0 Å². The van der Waals surface area contributed by atoms with Crippen LogP contribution in [-0.2, 0) is 0 Å². The number of nitrogens with zero attached hydrogens (tertiary/aromatic N) is 2. The summed E-state index contributed by atoms with van der Waals surface area (Å²) in [5, 5.41) is 2.96. The molecule has 3 aromatic rings. The third-order valence-corrected chi connectivity index (χ3v) is 4.16. The lowest BCUT2D eigenvalue weighted by Gasteiger charge is -2.14. The van der Waals surface area contributed by atoms with E-state index in [0.717, 1.165) is 16.9 Å². The van der Waals surface area contributed by atoms with Gasteiger partial charge in [0.25, 0.3) is 5.91 Å². The number of nitrogens with one attached hydrogen (secondary N) is 1. The summed E-state index contributed by atoms with van der Waals surface area (Å²) in [5.74, 6) is 0.729. The monoisotopic (exact) mass is 335 g/mol. The van der Waals surface area contributed by atoms with Crippen molar-refractivity contribution in [3.8, 4) is 16.9 Å². The highest BCUT2D eigenvalue weighted by atomic mass is 16.5. The molecule has 1 aromatic heterocycles. The fraction of sp³-hybridized carbons (Fsp3) is 0.200. The van der Waals surface area contributed by atoms with E-state index in [1.54, 1.807) is 19.6 Å². The van der Waals surface area contributed by atoms with Crippen LogP contribution < -0.4 is 10.1 Å². The zero-order valence-electron chi connectivity index (χ0n) is 14.3. The Hall–Kier alpha value is -3.08. The maximum absolute atomic E-state index is 12.3. The van der Waals surface area contributed by atoms with Crippen LogP contribution in [0.15, 0.2) is 67.3 Å². The molecule has 0 saturated heterocycles. The van der Waals surface area contributed by atoms with Crippen molar-refractivity contribution < 1.29 is 9.53 Å². The van der Waals surface area contributed by atoms with Crippen molar-refractivity contribution >= 4 is 5.91 Å². The third-order valence-electron chi connectivity index (χ3n) is 4.16. The fourth-order valence-electron chi connectivity index (χ4n) is 2.66. The lowest BCUT2D eigenvalue weighted by molar-refractivity contribution is 0.0948. The normalized spacial score (nSPS) is 11.8. The molecular formula is C20H21N3O2. The number of para-hydroxylation sites is 1. The number of benzene rings is 2. The summed E-state index contributed by atoms with van der Waals surface area (Å²) in [6.45, 7) is 2.58. The number of imidazole rings is 1. The number of aromatic nitrogens is 2. The van der Waals surface area contributed by atoms with Gasteiger partial charge >= 0.3 is 0 Å². The fourth-order valence-corrected chi connectivity index (χ4v) is 2.66. The highest BCUT2D eigenvalue weighted by Crippen LogP contribution is 2.29. The van der Waals surface area contributed by atoms with Crippen molar-refractivity contribution in [3.63, 3.8) is 0 Å². The molecule has 0 saturated carbocycles. The number of amides is 1. The Labute approximate surface area is 147 Å². The molecule has 0 radical (unpaired) electrons. The van der Waals surface area contributed by atoms with E-state index in [2.05, 4.69) is 10.3 Å². The van der Waals surface area contributed by atoms with Gasteiger partial charge in [0, 0.05) is 36.1 Å². The first-order valence-electron chi connectivity index (χ1n) is 8.18. The highest BCUT2D eigenvalue weighted by molar-refractivity contribution is 5.94. The molecule has 3 rings (SSSR count). The van der Waals surface area contributed by atoms with E-state index >= 15 is 0 Å². The molecule has 0 aliphatic heterocycles. The first kappa shape index (κ1) is 16.8. The minimum atomic E-state index is -0.0847. The predicted octanol–water partition coefficient (Wildman–Crippen LogP) is 3.55. The van der Waals surface area contributed by atoms with Crippen molar-refractivity contribution in [3.05, 3.63) is 72.8 Å². The number of carbonyl (C=O) groups excluding carboxylic acids is 1. The smallest absolute Gasteiger partial charge is 0.251 e. The van der Waals surface area contributed by atoms with Crippen LogP contribution in [0.4, 0.5) is 0 Å². The van der Waals surface area contributed by atoms with Crippen LogP contribution in [0.3, 0.4) is 0 Å². The lowest BCUT2D eigenvalue weighted by atomic mass is 10.0. The Morgan fingerprint density at radius 2 is 1.96 bits per heavy atom. The zero-order valence-corrected chi connectivity index (χ0v) is 14.3. The Bertz CT molecular complexity index is 826. The highest BCUT2D eigenvalue weighted by Gasteiger charge is 2.10. The van der Waals surface area contributed by atoms with Crippen molar-refractivity contribution in [2.75, 3.05) is 13.7 Å². The Balaban J connectivity index is 1.66. The topological polar surface area (TPSA) is 56.1 Å². The van der Waals surface area contributed by atoms with Gasteiger partial charge in [0.2, 0.25) is 0 Å². The summed E-state index contributed by atoms with van der Waals surface area (Å²) in [6.07, 6.45) is 5.37. The van der Waals surface area contributed by atoms with Gasteiger partial charge in [0.1, 0.15) is 5.75 Å². The van der Waals surface area contributed by atoms with E-state index in [4.69, 9.17) is 4.74 Å². The van der Waals surface area contributed by atoms with Gasteiger partial charge in [-0.05, 0) is 30.7 Å². The third kappa shape index (κ3) is 3.88. The number of hydrogen-bond acceptors (Lipinski definition) is 3. The predicted molar refractivity (Wildman–Crippen MR) is 97.7 cm³/mol. The molecule has 0 unspecified atom stereocenters. The van der Waals surface area contributed by atoms with E-state index in [-0.39, 0.29) is 11.9 Å². The summed E-state index contributed by atoms with van der Waals surface area (Å²) < 4.78 is 7.35. The van der Waals surface area contributed by atoms with Gasteiger partial charge in [0.05, 0.1) is 13.4 Å². The number of methoxy groups -OCH3 is 1. The van der Waals surface area contributed by atoms with Crippen LogP contribution in [0.25, 0.3) is 11.1 Å². The Kier molecular flexibility index (Phi) is 5.14. The molecule has 1 N–H and O–H groups in total. The second-order valence-corrected chi connectivity index (χ2v) is 5.85. The van der Waals surface area contributed by atoms with Gasteiger partial charge in [0.15, 0.2) is 0 Å². The van der Waals surface area contributed by atoms with E-state index < -0.39 is 0 Å². The van der Waals surface area contributed by atoms with E-state index in [9.17, 15) is 4.79 Å². The van der Waals surface area contributed by atoms with Crippen LogP contribution in [-0.4, -0.2) is 29.1 Å². The van der Waals surface area contributed by atoms with Crippen molar-refractivity contribution in [1.29, 1.82) is 0 Å². The van der Waals surface area contributed by atoms with Crippen LogP contribution in [0, 0.1) is 0 Å². The first-order valence-corrected chi connectivity index (χ1v) is 8.18. The molecule has 2 aromatic carbocycles. The van der Waals surface area contributed by atoms with Crippen molar-refractivity contribution in [1.82, 2.24) is 14.9 Å². The standard InChI is InChI=1S/C20H21N3O2/c1-15(23-12-11-21-14-23)13-22-20(24)17-9-7-16(8-10-17)18-5-3-4-6-19(18)25-2/h3-12,14-15H,13H2,1-2H3,(H,22,24)/t15-/m1/s1. The number of ether oxygens (including phenoxy) is 1. The SMILES string of the molecule is COc1ccccc1-c1ccc(C(=O)NC[C@@H](C)n2ccnc2)cc1. The maximum atomic E-state index is 12.3. The van der Waals surface area contributed by atoms with E-state index in [1.165, 1.54) is 0 Å². The van der Waals surface area contributed by atoms with Crippen molar-refractivity contribution in [2.45, 2.75) is 13.0 Å². The summed E-state index contributed by atoms with van der Waals surface area (Å²) >= 11 is 0. The molecule has 0 aliphatic carbocycles. The van der Waals surface area contributed by atoms with Gasteiger partial charge in [-0.25, -0.2) is 4.98 Å². The quantitative estimate of drug-likeness (QED) is 0.749. The summed E-state index contributed by atoms with van der Waals surface area (Å²) in [6, 6.07) is 15.5. The van der Waals surface area contributed by atoms with Crippen LogP contribution >= 0.6 is 0 Å². The summed E-state index contributed by atoms with van der Waals surface area (Å²) in [7, 11) is 1.65. The zero-order chi connectivity index (χ0) is 17.6. The Morgan fingerprint density at radius 3 is 2.64 bits per heavy atom. The minimum Gasteiger partial charge on any atom is -0.496 e. The van der Waals surface area contributed by atoms with Gasteiger partial charge < -0.3 is 14.6 Å². The molecule has 5 heteroatoms. The second kappa shape index (κ2) is 7.66.